The van der Waals surface area contributed by atoms with Crippen molar-refractivity contribution >= 4 is 65.0 Å². The molecule has 0 radical (unpaired) electrons. The van der Waals surface area contributed by atoms with E-state index in [4.69, 9.17) is 4.98 Å². The number of benzene rings is 4. The SMILES string of the molecule is C/C=C\C(=C/C)c1cc(-n2c3ccc(C)c(/C=C\CC)c3c3c4sc5ccccc5c4ccc32)cc(-c2ccccc2)n1. The van der Waals surface area contributed by atoms with Gasteiger partial charge in [0.15, 0.2) is 0 Å². The standard InChI is InChI=1S/C40H34N2S/c1-5-8-17-30-26(4)20-22-35-38(30)39-36(23-21-32-31-18-12-13-19-37(31)43-40(32)39)42(35)29-24-33(27(7-3)14-6-2)41-34(25-29)28-15-10-9-11-16-28/h6-25H,5H2,1-4H3/b14-6-,17-8-,27-7+. The molecule has 0 aliphatic rings. The molecule has 0 fully saturated rings. The first-order chi connectivity index (χ1) is 21.1. The first-order valence-corrected chi connectivity index (χ1v) is 15.9. The molecule has 0 N–H and O–H groups in total. The second kappa shape index (κ2) is 11.2. The highest BCUT2D eigenvalue weighted by atomic mass is 32.1. The third kappa shape index (κ3) is 4.52. The highest BCUT2D eigenvalue weighted by Crippen LogP contribution is 2.45. The van der Waals surface area contributed by atoms with E-state index in [0.29, 0.717) is 0 Å². The predicted molar refractivity (Wildman–Crippen MR) is 189 cm³/mol. The van der Waals surface area contributed by atoms with Gasteiger partial charge in [0, 0.05) is 36.5 Å². The Hall–Kier alpha value is -4.73. The molecule has 0 unspecified atom stereocenters. The van der Waals surface area contributed by atoms with Crippen LogP contribution in [0.5, 0.6) is 0 Å². The molecule has 3 heterocycles. The van der Waals surface area contributed by atoms with Crippen molar-refractivity contribution in [3.63, 3.8) is 0 Å². The number of rotatable bonds is 6. The third-order valence-electron chi connectivity index (χ3n) is 8.31. The quantitative estimate of drug-likeness (QED) is 0.181. The number of aromatic nitrogens is 2. The van der Waals surface area contributed by atoms with Crippen LogP contribution in [0.3, 0.4) is 0 Å². The number of fused-ring (bicyclic) bond motifs is 7. The van der Waals surface area contributed by atoms with Crippen LogP contribution in [0.15, 0.2) is 115 Å². The van der Waals surface area contributed by atoms with Gasteiger partial charge in [-0.25, -0.2) is 4.98 Å². The monoisotopic (exact) mass is 574 g/mol. The highest BCUT2D eigenvalue weighted by molar-refractivity contribution is 7.26. The number of hydrogen-bond acceptors (Lipinski definition) is 2. The number of allylic oxidation sites excluding steroid dienone is 5. The fourth-order valence-corrected chi connectivity index (χ4v) is 7.54. The smallest absolute Gasteiger partial charge is 0.0730 e. The lowest BCUT2D eigenvalue weighted by molar-refractivity contribution is 1.15. The van der Waals surface area contributed by atoms with Crippen LogP contribution in [0.4, 0.5) is 0 Å². The van der Waals surface area contributed by atoms with Crippen molar-refractivity contribution in [2.45, 2.75) is 34.1 Å². The Labute approximate surface area is 256 Å². The highest BCUT2D eigenvalue weighted by Gasteiger charge is 2.21. The first-order valence-electron chi connectivity index (χ1n) is 15.0. The second-order valence-electron chi connectivity index (χ2n) is 11.0. The summed E-state index contributed by atoms with van der Waals surface area (Å²) in [5, 5.41) is 5.29. The largest absolute Gasteiger partial charge is 0.309 e. The summed E-state index contributed by atoms with van der Waals surface area (Å²) in [6, 6.07) is 33.0. The van der Waals surface area contributed by atoms with Gasteiger partial charge in [0.2, 0.25) is 0 Å². The summed E-state index contributed by atoms with van der Waals surface area (Å²) >= 11 is 1.90. The van der Waals surface area contributed by atoms with Crippen LogP contribution >= 0.6 is 11.3 Å². The zero-order chi connectivity index (χ0) is 29.5. The molecule has 7 aromatic rings. The van der Waals surface area contributed by atoms with Gasteiger partial charge in [-0.1, -0.05) is 98.0 Å². The fraction of sp³-hybridized carbons (Fsp3) is 0.125. The maximum atomic E-state index is 5.17. The molecule has 0 aliphatic heterocycles. The van der Waals surface area contributed by atoms with E-state index in [9.17, 15) is 0 Å². The van der Waals surface area contributed by atoms with Gasteiger partial charge in [-0.15, -0.1) is 11.3 Å². The molecule has 43 heavy (non-hydrogen) atoms. The molecule has 0 bridgehead atoms. The molecule has 0 amide bonds. The van der Waals surface area contributed by atoms with Crippen LogP contribution < -0.4 is 0 Å². The summed E-state index contributed by atoms with van der Waals surface area (Å²) in [5.74, 6) is 0. The summed E-state index contributed by atoms with van der Waals surface area (Å²) in [4.78, 5) is 5.17. The van der Waals surface area contributed by atoms with Gasteiger partial charge in [0.05, 0.1) is 28.1 Å². The van der Waals surface area contributed by atoms with Gasteiger partial charge in [0.25, 0.3) is 0 Å². The Balaban J connectivity index is 1.65. The maximum absolute atomic E-state index is 5.17. The lowest BCUT2D eigenvalue weighted by Gasteiger charge is -2.14. The first kappa shape index (κ1) is 27.1. The van der Waals surface area contributed by atoms with E-state index < -0.39 is 0 Å². The van der Waals surface area contributed by atoms with Crippen LogP contribution in [0, 0.1) is 6.92 Å². The minimum absolute atomic E-state index is 0.966. The average molecular weight is 575 g/mol. The van der Waals surface area contributed by atoms with Crippen molar-refractivity contribution in [3.8, 4) is 16.9 Å². The molecule has 3 aromatic heterocycles. The van der Waals surface area contributed by atoms with Gasteiger partial charge in [0.1, 0.15) is 0 Å². The Morgan fingerprint density at radius 1 is 0.837 bits per heavy atom. The Morgan fingerprint density at radius 2 is 1.60 bits per heavy atom. The summed E-state index contributed by atoms with van der Waals surface area (Å²) in [6.07, 6.45) is 12.0. The van der Waals surface area contributed by atoms with E-state index in [1.807, 2.05) is 11.3 Å². The van der Waals surface area contributed by atoms with E-state index >= 15 is 0 Å². The zero-order valence-electron chi connectivity index (χ0n) is 25.1. The molecule has 0 saturated heterocycles. The minimum Gasteiger partial charge on any atom is -0.309 e. The van der Waals surface area contributed by atoms with E-state index in [1.54, 1.807) is 0 Å². The number of pyridine rings is 1. The summed E-state index contributed by atoms with van der Waals surface area (Å²) in [5.41, 5.74) is 10.3. The Bertz CT molecular complexity index is 2240. The number of hydrogen-bond donors (Lipinski definition) is 0. The molecular weight excluding hydrogens is 541 g/mol. The van der Waals surface area contributed by atoms with Crippen molar-refractivity contribution in [2.24, 2.45) is 0 Å². The molecule has 4 aromatic carbocycles. The van der Waals surface area contributed by atoms with Gasteiger partial charge < -0.3 is 4.57 Å². The fourth-order valence-electron chi connectivity index (χ4n) is 6.29. The normalized spacial score (nSPS) is 12.7. The van der Waals surface area contributed by atoms with E-state index in [-0.39, 0.29) is 0 Å². The summed E-state index contributed by atoms with van der Waals surface area (Å²) in [7, 11) is 0. The lowest BCUT2D eigenvalue weighted by atomic mass is 9.99. The maximum Gasteiger partial charge on any atom is 0.0730 e. The van der Waals surface area contributed by atoms with Crippen LogP contribution in [-0.4, -0.2) is 9.55 Å². The molecule has 0 atom stereocenters. The molecule has 210 valence electrons. The van der Waals surface area contributed by atoms with E-state index in [1.165, 1.54) is 53.1 Å². The van der Waals surface area contributed by atoms with Crippen LogP contribution in [-0.2, 0) is 0 Å². The molecule has 7 rings (SSSR count). The van der Waals surface area contributed by atoms with Crippen LogP contribution in [0.2, 0.25) is 0 Å². The molecule has 2 nitrogen and oxygen atoms in total. The second-order valence-corrected chi connectivity index (χ2v) is 12.0. The summed E-state index contributed by atoms with van der Waals surface area (Å²) in [6.45, 7) is 8.57. The molecule has 3 heteroatoms. The molecule has 0 spiro atoms. The van der Waals surface area contributed by atoms with Crippen molar-refractivity contribution in [3.05, 3.63) is 132 Å². The van der Waals surface area contributed by atoms with E-state index in [0.717, 1.165) is 34.6 Å². The van der Waals surface area contributed by atoms with Gasteiger partial charge in [-0.05, 0) is 74.2 Å². The Kier molecular flexibility index (Phi) is 7.04. The van der Waals surface area contributed by atoms with Crippen LogP contribution in [0.1, 0.15) is 44.0 Å². The van der Waals surface area contributed by atoms with Crippen molar-refractivity contribution < 1.29 is 0 Å². The third-order valence-corrected chi connectivity index (χ3v) is 9.51. The summed E-state index contributed by atoms with van der Waals surface area (Å²) < 4.78 is 5.13. The number of thiophene rings is 1. The van der Waals surface area contributed by atoms with Crippen LogP contribution in [0.25, 0.3) is 70.6 Å². The van der Waals surface area contributed by atoms with E-state index in [2.05, 4.69) is 154 Å². The predicted octanol–water partition coefficient (Wildman–Crippen LogP) is 11.9. The number of nitrogens with zero attached hydrogens (tertiary/aromatic N) is 2. The molecule has 0 aliphatic carbocycles. The van der Waals surface area contributed by atoms with Crippen molar-refractivity contribution in [1.29, 1.82) is 0 Å². The topological polar surface area (TPSA) is 17.8 Å². The zero-order valence-corrected chi connectivity index (χ0v) is 25.9. The number of aryl methyl sites for hydroxylation is 1. The molecule has 0 saturated carbocycles. The lowest BCUT2D eigenvalue weighted by Crippen LogP contribution is -2.00. The van der Waals surface area contributed by atoms with Crippen molar-refractivity contribution in [2.75, 3.05) is 0 Å². The minimum atomic E-state index is 0.966. The van der Waals surface area contributed by atoms with Gasteiger partial charge in [-0.2, -0.15) is 0 Å². The Morgan fingerprint density at radius 3 is 2.40 bits per heavy atom. The van der Waals surface area contributed by atoms with Gasteiger partial charge >= 0.3 is 0 Å². The van der Waals surface area contributed by atoms with Gasteiger partial charge in [-0.3, -0.25) is 0 Å². The molecular formula is C40H34N2S. The average Bonchev–Trinajstić information content (AvgIpc) is 3.59. The van der Waals surface area contributed by atoms with Crippen molar-refractivity contribution in [1.82, 2.24) is 9.55 Å².